The molecule has 1 aromatic carbocycles. The maximum Gasteiger partial charge on any atom is 0.413 e. The highest BCUT2D eigenvalue weighted by atomic mass is 16.6. The van der Waals surface area contributed by atoms with Crippen LogP contribution in [0.5, 0.6) is 0 Å². The van der Waals surface area contributed by atoms with Crippen molar-refractivity contribution >= 4 is 23.6 Å². The number of anilines is 2. The molecule has 0 aliphatic heterocycles. The van der Waals surface area contributed by atoms with Gasteiger partial charge in [0.15, 0.2) is 0 Å². The number of nitrogens with zero attached hydrogens (tertiary/aromatic N) is 3. The van der Waals surface area contributed by atoms with Gasteiger partial charge in [-0.3, -0.25) is 4.90 Å². The number of amides is 1. The predicted molar refractivity (Wildman–Crippen MR) is 131 cm³/mol. The van der Waals surface area contributed by atoms with E-state index in [0.717, 1.165) is 44.6 Å². The molecule has 1 aromatic heterocycles. The monoisotopic (exact) mass is 456 g/mol. The summed E-state index contributed by atoms with van der Waals surface area (Å²) in [6.45, 7) is 10.6. The molecule has 0 atom stereocenters. The van der Waals surface area contributed by atoms with Crippen molar-refractivity contribution in [1.82, 2.24) is 9.88 Å². The molecular weight excluding hydrogens is 420 g/mol. The van der Waals surface area contributed by atoms with Gasteiger partial charge in [0.05, 0.1) is 12.2 Å². The summed E-state index contributed by atoms with van der Waals surface area (Å²) in [4.78, 5) is 32.4. The summed E-state index contributed by atoms with van der Waals surface area (Å²) in [6, 6.07) is 10.6. The first-order chi connectivity index (χ1) is 16.0. The minimum absolute atomic E-state index is 0.138. The van der Waals surface area contributed by atoms with Crippen LogP contribution in [0.15, 0.2) is 42.6 Å². The van der Waals surface area contributed by atoms with E-state index >= 15 is 0 Å². The van der Waals surface area contributed by atoms with Gasteiger partial charge in [0.25, 0.3) is 0 Å². The number of aromatic nitrogens is 1. The van der Waals surface area contributed by atoms with E-state index in [9.17, 15) is 9.59 Å². The summed E-state index contributed by atoms with van der Waals surface area (Å²) < 4.78 is 10.4. The lowest BCUT2D eigenvalue weighted by molar-refractivity contribution is 0.0472. The van der Waals surface area contributed by atoms with Gasteiger partial charge in [-0.2, -0.15) is 0 Å². The van der Waals surface area contributed by atoms with Crippen molar-refractivity contribution in [2.75, 3.05) is 50.1 Å². The van der Waals surface area contributed by atoms with Gasteiger partial charge in [0, 0.05) is 25.5 Å². The third kappa shape index (κ3) is 8.73. The molecule has 0 unspecified atom stereocenters. The molecule has 0 aliphatic carbocycles. The molecule has 0 spiro atoms. The summed E-state index contributed by atoms with van der Waals surface area (Å²) in [6.07, 6.45) is 3.34. The van der Waals surface area contributed by atoms with Crippen molar-refractivity contribution in [2.45, 2.75) is 40.2 Å². The first kappa shape index (κ1) is 26.1. The Hall–Kier alpha value is -3.13. The van der Waals surface area contributed by atoms with Crippen molar-refractivity contribution in [3.63, 3.8) is 0 Å². The molecule has 8 heteroatoms. The molecule has 1 N–H and O–H groups in total. The summed E-state index contributed by atoms with van der Waals surface area (Å²) in [5, 5.41) is 3.28. The Morgan fingerprint density at radius 2 is 1.73 bits per heavy atom. The number of hydrogen-bond donors (Lipinski definition) is 1. The van der Waals surface area contributed by atoms with Crippen LogP contribution in [0.1, 0.15) is 49.5 Å². The van der Waals surface area contributed by atoms with Crippen LogP contribution >= 0.6 is 0 Å². The SMILES string of the molecule is CCOC(=O)N(C)c1ccc(COC(=O)c2ccnc(NCCCCN(CC)CC)c2)cc1. The topological polar surface area (TPSA) is 84.0 Å². The Morgan fingerprint density at radius 1 is 1.00 bits per heavy atom. The van der Waals surface area contributed by atoms with Gasteiger partial charge in [-0.25, -0.2) is 14.6 Å². The zero-order valence-corrected chi connectivity index (χ0v) is 20.2. The van der Waals surface area contributed by atoms with Crippen molar-refractivity contribution < 1.29 is 19.1 Å². The number of carbonyl (C=O) groups is 2. The molecule has 2 aromatic rings. The predicted octanol–water partition coefficient (Wildman–Crippen LogP) is 4.57. The van der Waals surface area contributed by atoms with Crippen LogP contribution in [0.25, 0.3) is 0 Å². The molecule has 0 aliphatic rings. The summed E-state index contributed by atoms with van der Waals surface area (Å²) in [5.41, 5.74) is 1.98. The molecule has 0 bridgehead atoms. The Labute approximate surface area is 196 Å². The van der Waals surface area contributed by atoms with Gasteiger partial charge in [-0.1, -0.05) is 26.0 Å². The van der Waals surface area contributed by atoms with Gasteiger partial charge in [-0.15, -0.1) is 0 Å². The van der Waals surface area contributed by atoms with Crippen LogP contribution in [0.2, 0.25) is 0 Å². The van der Waals surface area contributed by atoms with E-state index in [1.807, 2.05) is 12.1 Å². The Bertz CT molecular complexity index is 869. The van der Waals surface area contributed by atoms with E-state index in [0.29, 0.717) is 23.7 Å². The minimum atomic E-state index is -0.414. The molecule has 33 heavy (non-hydrogen) atoms. The lowest BCUT2D eigenvalue weighted by Gasteiger charge is -2.17. The van der Waals surface area contributed by atoms with E-state index in [1.54, 1.807) is 44.4 Å². The molecule has 1 heterocycles. The smallest absolute Gasteiger partial charge is 0.413 e. The third-order valence-electron chi connectivity index (χ3n) is 5.33. The number of hydrogen-bond acceptors (Lipinski definition) is 7. The average molecular weight is 457 g/mol. The van der Waals surface area contributed by atoms with E-state index in [2.05, 4.69) is 29.0 Å². The molecule has 180 valence electrons. The zero-order valence-electron chi connectivity index (χ0n) is 20.2. The Morgan fingerprint density at radius 3 is 2.39 bits per heavy atom. The maximum absolute atomic E-state index is 12.5. The van der Waals surface area contributed by atoms with Crippen LogP contribution in [0.3, 0.4) is 0 Å². The van der Waals surface area contributed by atoms with E-state index in [4.69, 9.17) is 9.47 Å². The second kappa shape index (κ2) is 14.1. The maximum atomic E-state index is 12.5. The Kier molecular flexibility index (Phi) is 11.2. The van der Waals surface area contributed by atoms with Gasteiger partial charge in [-0.05, 0) is 69.2 Å². The first-order valence-corrected chi connectivity index (χ1v) is 11.6. The van der Waals surface area contributed by atoms with Gasteiger partial charge in [0.2, 0.25) is 0 Å². The largest absolute Gasteiger partial charge is 0.457 e. The van der Waals surface area contributed by atoms with E-state index in [-0.39, 0.29) is 6.61 Å². The first-order valence-electron chi connectivity index (χ1n) is 11.6. The molecular formula is C25H36N4O4. The number of pyridine rings is 1. The fourth-order valence-electron chi connectivity index (χ4n) is 3.24. The van der Waals surface area contributed by atoms with Crippen LogP contribution in [0.4, 0.5) is 16.3 Å². The minimum Gasteiger partial charge on any atom is -0.457 e. The number of esters is 1. The lowest BCUT2D eigenvalue weighted by Crippen LogP contribution is -2.26. The van der Waals surface area contributed by atoms with Crippen LogP contribution < -0.4 is 10.2 Å². The quantitative estimate of drug-likeness (QED) is 0.349. The summed E-state index contributed by atoms with van der Waals surface area (Å²) >= 11 is 0. The number of unbranched alkanes of at least 4 members (excludes halogenated alkanes) is 1. The number of benzene rings is 1. The fourth-order valence-corrected chi connectivity index (χ4v) is 3.24. The number of carbonyl (C=O) groups excluding carboxylic acids is 2. The molecule has 0 saturated heterocycles. The van der Waals surface area contributed by atoms with Crippen molar-refractivity contribution in [2.24, 2.45) is 0 Å². The van der Waals surface area contributed by atoms with Gasteiger partial charge in [0.1, 0.15) is 12.4 Å². The number of nitrogens with one attached hydrogen (secondary N) is 1. The fraction of sp³-hybridized carbons (Fsp3) is 0.480. The van der Waals surface area contributed by atoms with Gasteiger partial charge >= 0.3 is 12.1 Å². The second-order valence-corrected chi connectivity index (χ2v) is 7.59. The van der Waals surface area contributed by atoms with Crippen LogP contribution in [-0.4, -0.2) is 61.8 Å². The molecule has 1 amide bonds. The molecule has 0 saturated carbocycles. The third-order valence-corrected chi connectivity index (χ3v) is 5.33. The van der Waals surface area contributed by atoms with Crippen molar-refractivity contribution in [3.05, 3.63) is 53.7 Å². The lowest BCUT2D eigenvalue weighted by atomic mass is 10.2. The summed E-state index contributed by atoms with van der Waals surface area (Å²) in [5.74, 6) is 0.258. The highest BCUT2D eigenvalue weighted by molar-refractivity contribution is 5.90. The standard InChI is InChI=1S/C25H36N4O4/c1-5-29(6-2)17-9-8-15-26-23-18-21(14-16-27-23)24(30)33-19-20-10-12-22(13-11-20)28(4)25(31)32-7-3/h10-14,16,18H,5-9,15,17,19H2,1-4H3,(H,26,27). The molecule has 2 rings (SSSR count). The molecule has 0 fully saturated rings. The number of rotatable bonds is 13. The zero-order chi connectivity index (χ0) is 24.1. The molecule has 0 radical (unpaired) electrons. The normalized spacial score (nSPS) is 10.7. The van der Waals surface area contributed by atoms with Crippen LogP contribution in [0, 0.1) is 0 Å². The molecule has 8 nitrogen and oxygen atoms in total. The van der Waals surface area contributed by atoms with E-state index < -0.39 is 12.1 Å². The van der Waals surface area contributed by atoms with E-state index in [1.165, 1.54) is 4.90 Å². The number of ether oxygens (including phenoxy) is 2. The highest BCUT2D eigenvalue weighted by Crippen LogP contribution is 2.16. The van der Waals surface area contributed by atoms with Crippen LogP contribution in [-0.2, 0) is 16.1 Å². The summed E-state index contributed by atoms with van der Waals surface area (Å²) in [7, 11) is 1.65. The van der Waals surface area contributed by atoms with Gasteiger partial charge < -0.3 is 19.7 Å². The highest BCUT2D eigenvalue weighted by Gasteiger charge is 2.12. The van der Waals surface area contributed by atoms with Crippen molar-refractivity contribution in [3.8, 4) is 0 Å². The average Bonchev–Trinajstić information content (AvgIpc) is 2.85. The second-order valence-electron chi connectivity index (χ2n) is 7.59. The van der Waals surface area contributed by atoms with Crippen molar-refractivity contribution in [1.29, 1.82) is 0 Å². The Balaban J connectivity index is 1.80.